The first kappa shape index (κ1) is 11.3. The summed E-state index contributed by atoms with van der Waals surface area (Å²) in [5.41, 5.74) is 0.540. The van der Waals surface area contributed by atoms with Crippen molar-refractivity contribution in [3.8, 4) is 0 Å². The van der Waals surface area contributed by atoms with Gasteiger partial charge >= 0.3 is 0 Å². The molecule has 7 rings (SSSR count). The van der Waals surface area contributed by atoms with Crippen LogP contribution >= 0.6 is 12.4 Å². The third-order valence-corrected chi connectivity index (χ3v) is 7.65. The maximum atomic E-state index is 13.0. The van der Waals surface area contributed by atoms with Crippen molar-refractivity contribution >= 4 is 18.3 Å². The summed E-state index contributed by atoms with van der Waals surface area (Å²) in [5.74, 6) is 7.31. The van der Waals surface area contributed by atoms with Crippen molar-refractivity contribution in [2.45, 2.75) is 18.6 Å². The normalized spacial score (nSPS) is 67.3. The number of carbonyl (C=O) groups excluding carboxylic acids is 1. The van der Waals surface area contributed by atoms with Crippen LogP contribution in [0.2, 0.25) is 0 Å². The molecule has 7 fully saturated rings. The van der Waals surface area contributed by atoms with Gasteiger partial charge in [-0.3, -0.25) is 4.79 Å². The number of nitrogens with one attached hydrogen (secondary N) is 2. The second-order valence-corrected chi connectivity index (χ2v) is 7.51. The predicted octanol–water partition coefficient (Wildman–Crippen LogP) is 0.592. The monoisotopic (exact) mass is 284 g/mol. The van der Waals surface area contributed by atoms with Gasteiger partial charge in [-0.2, -0.15) is 0 Å². The van der Waals surface area contributed by atoms with Crippen molar-refractivity contribution in [3.63, 3.8) is 0 Å². The zero-order valence-corrected chi connectivity index (χ0v) is 11.3. The largest absolute Gasteiger partial charge is 0.354 e. The lowest BCUT2D eigenvalue weighted by molar-refractivity contribution is -0.612. The summed E-state index contributed by atoms with van der Waals surface area (Å²) in [4.78, 5) is 12.0. The van der Waals surface area contributed by atoms with Crippen LogP contribution in [0.3, 0.4) is 0 Å². The molecule has 0 aromatic carbocycles. The van der Waals surface area contributed by atoms with Crippen LogP contribution in [0.4, 0.5) is 4.39 Å². The fourth-order valence-corrected chi connectivity index (χ4v) is 7.28. The second-order valence-electron chi connectivity index (χ2n) is 7.51. The van der Waals surface area contributed by atoms with Gasteiger partial charge in [-0.05, 0) is 46.8 Å². The fourth-order valence-electron chi connectivity index (χ4n) is 7.28. The second kappa shape index (κ2) is 2.96. The van der Waals surface area contributed by atoms with Gasteiger partial charge in [0, 0.05) is 19.5 Å². The zero-order valence-electron chi connectivity index (χ0n) is 10.5. The molecule has 0 aromatic heterocycles. The van der Waals surface area contributed by atoms with E-state index in [4.69, 9.17) is 0 Å². The number of hydrogen-bond donors (Lipinski definition) is 2. The minimum absolute atomic E-state index is 0. The van der Waals surface area contributed by atoms with Gasteiger partial charge in [0.15, 0.2) is 0 Å². The highest BCUT2D eigenvalue weighted by Gasteiger charge is 3.03. The highest BCUT2D eigenvalue weighted by Crippen LogP contribution is 3.05. The Kier molecular flexibility index (Phi) is 1.76. The molecule has 2 atom stereocenters. The van der Waals surface area contributed by atoms with E-state index < -0.39 is 6.17 Å². The van der Waals surface area contributed by atoms with Crippen molar-refractivity contribution < 1.29 is 9.18 Å². The van der Waals surface area contributed by atoms with Crippen molar-refractivity contribution in [2.24, 2.45) is 46.8 Å². The third-order valence-electron chi connectivity index (χ3n) is 7.65. The van der Waals surface area contributed by atoms with E-state index in [2.05, 4.69) is 10.6 Å². The first-order valence-corrected chi connectivity index (χ1v) is 7.40. The third kappa shape index (κ3) is 0.819. The Morgan fingerprint density at radius 2 is 1.84 bits per heavy atom. The van der Waals surface area contributed by atoms with E-state index in [0.29, 0.717) is 18.4 Å². The lowest BCUT2D eigenvalue weighted by Gasteiger charge is -3.08. The van der Waals surface area contributed by atoms with E-state index >= 15 is 0 Å². The Balaban J connectivity index is 0.000000882. The lowest BCUT2D eigenvalue weighted by atomic mass is 8.96. The number of halogens is 2. The Morgan fingerprint density at radius 3 is 2.37 bits per heavy atom. The van der Waals surface area contributed by atoms with E-state index in [1.807, 2.05) is 0 Å². The molecule has 6 aliphatic carbocycles. The summed E-state index contributed by atoms with van der Waals surface area (Å²) >= 11 is 0. The average molecular weight is 285 g/mol. The van der Waals surface area contributed by atoms with Gasteiger partial charge in [0.1, 0.15) is 6.17 Å². The van der Waals surface area contributed by atoms with Crippen LogP contribution < -0.4 is 10.6 Å². The Labute approximate surface area is 117 Å². The Bertz CT molecular complexity index is 447. The molecule has 5 heteroatoms. The standard InChI is InChI=1S/C14H17FN2O.ClH/c15-4-1-5(16-2-4)13(18)17-3-14-10-7-6-8(10)12(14)9(6)11(7)14;/h4-12,16H,1-3H2,(H,17,18);1H/t4-,5+,6?,7?,8?,9?,10?,11?,12?,14?;/m1./s1. The summed E-state index contributed by atoms with van der Waals surface area (Å²) in [6.45, 7) is 1.22. The van der Waals surface area contributed by atoms with Gasteiger partial charge in [-0.1, -0.05) is 0 Å². The highest BCUT2D eigenvalue weighted by atomic mass is 35.5. The van der Waals surface area contributed by atoms with Crippen molar-refractivity contribution in [3.05, 3.63) is 0 Å². The van der Waals surface area contributed by atoms with E-state index in [0.717, 1.165) is 48.0 Å². The first-order chi connectivity index (χ1) is 8.75. The molecule has 1 saturated heterocycles. The van der Waals surface area contributed by atoms with Crippen LogP contribution in [0.1, 0.15) is 6.42 Å². The summed E-state index contributed by atoms with van der Waals surface area (Å²) < 4.78 is 13.0. The van der Waals surface area contributed by atoms with Crippen LogP contribution in [-0.4, -0.2) is 31.2 Å². The van der Waals surface area contributed by atoms with Gasteiger partial charge in [0.05, 0.1) is 6.04 Å². The van der Waals surface area contributed by atoms with Gasteiger partial charge in [0.25, 0.3) is 0 Å². The summed E-state index contributed by atoms with van der Waals surface area (Å²) in [6, 6.07) is -0.285. The number of alkyl halides is 1. The zero-order chi connectivity index (χ0) is 11.8. The molecule has 0 radical (unpaired) electrons. The maximum absolute atomic E-state index is 13.0. The molecule has 1 heterocycles. The molecule has 0 unspecified atom stereocenters. The Hall–Kier alpha value is -0.350. The SMILES string of the molecule is Cl.O=C(NCC12C3C4C5C3C1C5C42)[C@@H]1C[C@@H](F)CN1. The summed E-state index contributed by atoms with van der Waals surface area (Å²) in [6.07, 6.45) is -0.491. The van der Waals surface area contributed by atoms with Crippen molar-refractivity contribution in [2.75, 3.05) is 13.1 Å². The maximum Gasteiger partial charge on any atom is 0.237 e. The fraction of sp³-hybridized carbons (Fsp3) is 0.929. The number of rotatable bonds is 3. The van der Waals surface area contributed by atoms with Crippen molar-refractivity contribution in [1.82, 2.24) is 10.6 Å². The summed E-state index contributed by atoms with van der Waals surface area (Å²) in [7, 11) is 0. The van der Waals surface area contributed by atoms with Crippen LogP contribution in [0.25, 0.3) is 0 Å². The molecule has 19 heavy (non-hydrogen) atoms. The Morgan fingerprint density at radius 1 is 1.21 bits per heavy atom. The number of amides is 1. The molecule has 0 aromatic rings. The molecular formula is C14H18ClFN2O. The highest BCUT2D eigenvalue weighted by molar-refractivity contribution is 5.85. The van der Waals surface area contributed by atoms with Crippen LogP contribution in [0, 0.1) is 46.8 Å². The topological polar surface area (TPSA) is 41.1 Å². The van der Waals surface area contributed by atoms with Crippen LogP contribution in [0.5, 0.6) is 0 Å². The molecule has 3 nitrogen and oxygen atoms in total. The molecule has 0 spiro atoms. The minimum atomic E-state index is -0.843. The molecule has 1 amide bonds. The average Bonchev–Trinajstić information content (AvgIpc) is 2.83. The van der Waals surface area contributed by atoms with Gasteiger partial charge in [-0.15, -0.1) is 12.4 Å². The number of hydrogen-bond acceptors (Lipinski definition) is 2. The van der Waals surface area contributed by atoms with Gasteiger partial charge < -0.3 is 10.6 Å². The van der Waals surface area contributed by atoms with E-state index in [1.165, 1.54) is 0 Å². The molecular weight excluding hydrogens is 267 g/mol. The van der Waals surface area contributed by atoms with E-state index in [-0.39, 0.29) is 24.4 Å². The quantitative estimate of drug-likeness (QED) is 0.797. The van der Waals surface area contributed by atoms with Crippen molar-refractivity contribution in [1.29, 1.82) is 0 Å². The van der Waals surface area contributed by atoms with E-state index in [1.54, 1.807) is 0 Å². The molecule has 1 aliphatic heterocycles. The molecule has 2 N–H and O–H groups in total. The number of carbonyl (C=O) groups is 1. The van der Waals surface area contributed by atoms with Crippen LogP contribution in [-0.2, 0) is 4.79 Å². The van der Waals surface area contributed by atoms with Gasteiger partial charge in [-0.25, -0.2) is 4.39 Å². The smallest absolute Gasteiger partial charge is 0.237 e. The molecule has 104 valence electrons. The lowest BCUT2D eigenvalue weighted by Crippen LogP contribution is -3.06. The summed E-state index contributed by atoms with van der Waals surface area (Å²) in [5, 5.41) is 6.08. The molecule has 7 aliphatic rings. The first-order valence-electron chi connectivity index (χ1n) is 7.40. The van der Waals surface area contributed by atoms with E-state index in [9.17, 15) is 9.18 Å². The molecule has 0 bridgehead atoms. The molecule has 6 saturated carbocycles. The predicted molar refractivity (Wildman–Crippen MR) is 68.4 cm³/mol. The minimum Gasteiger partial charge on any atom is -0.354 e. The van der Waals surface area contributed by atoms with Crippen LogP contribution in [0.15, 0.2) is 0 Å². The van der Waals surface area contributed by atoms with Gasteiger partial charge in [0.2, 0.25) is 5.91 Å².